The van der Waals surface area contributed by atoms with E-state index in [0.717, 1.165) is 11.8 Å². The molecule has 1 heteroatoms. The zero-order valence-electron chi connectivity index (χ0n) is 8.45. The topological polar surface area (TPSA) is 0 Å². The van der Waals surface area contributed by atoms with Crippen molar-refractivity contribution in [2.45, 2.75) is 31.6 Å². The molecule has 0 unspecified atom stereocenters. The van der Waals surface area contributed by atoms with E-state index >= 15 is 0 Å². The summed E-state index contributed by atoms with van der Waals surface area (Å²) in [5.74, 6) is 1.84. The van der Waals surface area contributed by atoms with Crippen LogP contribution >= 0.6 is 22.6 Å². The standard InChI is InChI=1S/C13H17I/c14-10-11-6-8-13(9-7-11)12-4-2-1-3-5-12/h1-5,11,13H,6-10H2. The molecule has 0 spiro atoms. The van der Waals surface area contributed by atoms with Gasteiger partial charge in [0.1, 0.15) is 0 Å². The van der Waals surface area contributed by atoms with Crippen LogP contribution in [-0.4, -0.2) is 4.43 Å². The molecule has 0 atom stereocenters. The summed E-state index contributed by atoms with van der Waals surface area (Å²) >= 11 is 2.53. The van der Waals surface area contributed by atoms with Crippen molar-refractivity contribution in [3.63, 3.8) is 0 Å². The van der Waals surface area contributed by atoms with Crippen LogP contribution in [0.25, 0.3) is 0 Å². The molecule has 0 aliphatic heterocycles. The van der Waals surface area contributed by atoms with Gasteiger partial charge in [0.05, 0.1) is 0 Å². The smallest absolute Gasteiger partial charge is 0.00237 e. The van der Waals surface area contributed by atoms with E-state index in [1.54, 1.807) is 5.56 Å². The first kappa shape index (κ1) is 10.5. The van der Waals surface area contributed by atoms with Gasteiger partial charge in [0.2, 0.25) is 0 Å². The normalized spacial score (nSPS) is 27.5. The van der Waals surface area contributed by atoms with E-state index < -0.39 is 0 Å². The van der Waals surface area contributed by atoms with Gasteiger partial charge in [0, 0.05) is 4.43 Å². The van der Waals surface area contributed by atoms with Crippen LogP contribution in [0.2, 0.25) is 0 Å². The highest BCUT2D eigenvalue weighted by Crippen LogP contribution is 2.36. The Morgan fingerprint density at radius 2 is 1.64 bits per heavy atom. The van der Waals surface area contributed by atoms with Crippen LogP contribution in [0, 0.1) is 5.92 Å². The lowest BCUT2D eigenvalue weighted by Crippen LogP contribution is -2.13. The van der Waals surface area contributed by atoms with Gasteiger partial charge >= 0.3 is 0 Å². The van der Waals surface area contributed by atoms with Crippen molar-refractivity contribution in [3.8, 4) is 0 Å². The van der Waals surface area contributed by atoms with E-state index in [0.29, 0.717) is 0 Å². The maximum absolute atomic E-state index is 2.53. The highest BCUT2D eigenvalue weighted by atomic mass is 127. The molecule has 76 valence electrons. The summed E-state index contributed by atoms with van der Waals surface area (Å²) in [4.78, 5) is 0. The molecular weight excluding hydrogens is 283 g/mol. The Balaban J connectivity index is 1.96. The summed E-state index contributed by atoms with van der Waals surface area (Å²) in [7, 11) is 0. The maximum Gasteiger partial charge on any atom is 0.00237 e. The lowest BCUT2D eigenvalue weighted by atomic mass is 9.79. The molecule has 1 fully saturated rings. The monoisotopic (exact) mass is 300 g/mol. The minimum atomic E-state index is 0.843. The van der Waals surface area contributed by atoms with Crippen molar-refractivity contribution in [2.24, 2.45) is 5.92 Å². The number of alkyl halides is 1. The molecule has 0 nitrogen and oxygen atoms in total. The molecule has 2 rings (SSSR count). The minimum absolute atomic E-state index is 0.843. The zero-order valence-corrected chi connectivity index (χ0v) is 10.6. The predicted molar refractivity (Wildman–Crippen MR) is 70.0 cm³/mol. The second-order valence-corrected chi connectivity index (χ2v) is 5.16. The molecule has 1 aromatic rings. The van der Waals surface area contributed by atoms with Crippen molar-refractivity contribution < 1.29 is 0 Å². The fourth-order valence-electron chi connectivity index (χ4n) is 2.38. The molecular formula is C13H17I. The first-order chi connectivity index (χ1) is 6.90. The van der Waals surface area contributed by atoms with Gasteiger partial charge in [0.25, 0.3) is 0 Å². The number of rotatable bonds is 2. The average Bonchev–Trinajstić information content (AvgIpc) is 2.30. The van der Waals surface area contributed by atoms with Crippen LogP contribution < -0.4 is 0 Å². The Morgan fingerprint density at radius 3 is 2.21 bits per heavy atom. The van der Waals surface area contributed by atoms with Crippen molar-refractivity contribution in [2.75, 3.05) is 4.43 Å². The molecule has 1 aliphatic rings. The molecule has 1 saturated carbocycles. The second kappa shape index (κ2) is 5.15. The van der Waals surface area contributed by atoms with Crippen molar-refractivity contribution in [1.82, 2.24) is 0 Å². The summed E-state index contributed by atoms with van der Waals surface area (Å²) in [6, 6.07) is 11.0. The van der Waals surface area contributed by atoms with E-state index in [4.69, 9.17) is 0 Å². The Labute approximate surface area is 100 Å². The molecule has 0 bridgehead atoms. The Kier molecular flexibility index (Phi) is 3.85. The molecule has 0 N–H and O–H groups in total. The third kappa shape index (κ3) is 2.50. The lowest BCUT2D eigenvalue weighted by molar-refractivity contribution is 0.356. The minimum Gasteiger partial charge on any atom is -0.0861 e. The SMILES string of the molecule is ICC1CCC(c2ccccc2)CC1. The zero-order chi connectivity index (χ0) is 9.80. The number of hydrogen-bond donors (Lipinski definition) is 0. The van der Waals surface area contributed by atoms with Gasteiger partial charge in [-0.2, -0.15) is 0 Å². The fraction of sp³-hybridized carbons (Fsp3) is 0.538. The van der Waals surface area contributed by atoms with Crippen LogP contribution in [0.1, 0.15) is 37.2 Å². The van der Waals surface area contributed by atoms with Gasteiger partial charge in [-0.1, -0.05) is 52.9 Å². The van der Waals surface area contributed by atoms with E-state index in [1.165, 1.54) is 30.1 Å². The molecule has 14 heavy (non-hydrogen) atoms. The molecule has 0 aromatic heterocycles. The van der Waals surface area contributed by atoms with E-state index in [2.05, 4.69) is 52.9 Å². The van der Waals surface area contributed by atoms with Crippen LogP contribution in [-0.2, 0) is 0 Å². The number of hydrogen-bond acceptors (Lipinski definition) is 0. The first-order valence-electron chi connectivity index (χ1n) is 5.51. The lowest BCUT2D eigenvalue weighted by Gasteiger charge is -2.27. The largest absolute Gasteiger partial charge is 0.0861 e. The van der Waals surface area contributed by atoms with Crippen LogP contribution in [0.15, 0.2) is 30.3 Å². The predicted octanol–water partition coefficient (Wildman–Crippen LogP) is 4.40. The highest BCUT2D eigenvalue weighted by Gasteiger charge is 2.20. The first-order valence-corrected chi connectivity index (χ1v) is 7.03. The molecule has 0 amide bonds. The van der Waals surface area contributed by atoms with Gasteiger partial charge in [0.15, 0.2) is 0 Å². The third-order valence-corrected chi connectivity index (χ3v) is 4.58. The molecule has 1 aliphatic carbocycles. The van der Waals surface area contributed by atoms with Gasteiger partial charge in [-0.25, -0.2) is 0 Å². The molecule has 0 heterocycles. The van der Waals surface area contributed by atoms with Crippen LogP contribution in [0.3, 0.4) is 0 Å². The van der Waals surface area contributed by atoms with Crippen molar-refractivity contribution in [3.05, 3.63) is 35.9 Å². The van der Waals surface area contributed by atoms with Gasteiger partial charge in [-0.3, -0.25) is 0 Å². The summed E-state index contributed by atoms with van der Waals surface area (Å²) in [5, 5.41) is 0. The maximum atomic E-state index is 2.53. The summed E-state index contributed by atoms with van der Waals surface area (Å²) in [6.07, 6.45) is 5.67. The number of halogens is 1. The Hall–Kier alpha value is -0.0500. The second-order valence-electron chi connectivity index (χ2n) is 4.28. The van der Waals surface area contributed by atoms with Gasteiger partial charge < -0.3 is 0 Å². The number of benzene rings is 1. The molecule has 1 aromatic carbocycles. The van der Waals surface area contributed by atoms with Crippen molar-refractivity contribution >= 4 is 22.6 Å². The summed E-state index contributed by atoms with van der Waals surface area (Å²) in [6.45, 7) is 0. The van der Waals surface area contributed by atoms with E-state index in [1.807, 2.05) is 0 Å². The summed E-state index contributed by atoms with van der Waals surface area (Å²) in [5.41, 5.74) is 1.56. The molecule has 0 saturated heterocycles. The third-order valence-electron chi connectivity index (χ3n) is 3.34. The molecule has 0 radical (unpaired) electrons. The van der Waals surface area contributed by atoms with Gasteiger partial charge in [-0.05, 0) is 43.1 Å². The van der Waals surface area contributed by atoms with Crippen LogP contribution in [0.4, 0.5) is 0 Å². The Morgan fingerprint density at radius 1 is 1.00 bits per heavy atom. The average molecular weight is 300 g/mol. The van der Waals surface area contributed by atoms with Crippen molar-refractivity contribution in [1.29, 1.82) is 0 Å². The Bertz CT molecular complexity index is 260. The highest BCUT2D eigenvalue weighted by molar-refractivity contribution is 14.1. The summed E-state index contributed by atoms with van der Waals surface area (Å²) < 4.78 is 1.35. The van der Waals surface area contributed by atoms with E-state index in [-0.39, 0.29) is 0 Å². The quantitative estimate of drug-likeness (QED) is 0.561. The van der Waals surface area contributed by atoms with E-state index in [9.17, 15) is 0 Å². The fourth-order valence-corrected chi connectivity index (χ4v) is 3.26. The van der Waals surface area contributed by atoms with Gasteiger partial charge in [-0.15, -0.1) is 0 Å². The van der Waals surface area contributed by atoms with Crippen LogP contribution in [0.5, 0.6) is 0 Å².